The van der Waals surface area contributed by atoms with Crippen LogP contribution in [-0.4, -0.2) is 24.3 Å². The van der Waals surface area contributed by atoms with Gasteiger partial charge < -0.3 is 10.1 Å². The Morgan fingerprint density at radius 1 is 1.17 bits per heavy atom. The highest BCUT2D eigenvalue weighted by atomic mass is 32.2. The minimum absolute atomic E-state index is 0.178. The van der Waals surface area contributed by atoms with Crippen molar-refractivity contribution in [2.24, 2.45) is 0 Å². The number of hydrogen-bond donors (Lipinski definition) is 1. The topological polar surface area (TPSA) is 51.2 Å². The normalized spacial score (nSPS) is 10.4. The molecular formula is C18H16N2O2S2. The van der Waals surface area contributed by atoms with Crippen LogP contribution in [0.5, 0.6) is 5.75 Å². The number of nitrogens with one attached hydrogen (secondary N) is 1. The number of ether oxygens (including phenoxy) is 1. The lowest BCUT2D eigenvalue weighted by atomic mass is 10.1. The molecule has 1 amide bonds. The summed E-state index contributed by atoms with van der Waals surface area (Å²) >= 11 is 3.04. The summed E-state index contributed by atoms with van der Waals surface area (Å²) in [6.45, 7) is 0. The number of benzene rings is 2. The van der Waals surface area contributed by atoms with Gasteiger partial charge in [-0.15, -0.1) is 0 Å². The number of methoxy groups -OCH3 is 1. The number of anilines is 1. The number of rotatable bonds is 5. The number of nitrogens with zero attached hydrogens (tertiary/aromatic N) is 1. The minimum atomic E-state index is -0.178. The molecule has 4 nitrogen and oxygen atoms in total. The van der Waals surface area contributed by atoms with Gasteiger partial charge in [0.05, 0.1) is 7.11 Å². The lowest BCUT2D eigenvalue weighted by Crippen LogP contribution is -2.11. The van der Waals surface area contributed by atoms with Gasteiger partial charge in [0.25, 0.3) is 5.91 Å². The molecule has 1 heterocycles. The fraction of sp³-hybridized carbons (Fsp3) is 0.111. The largest absolute Gasteiger partial charge is 0.497 e. The Morgan fingerprint density at radius 2 is 1.96 bits per heavy atom. The number of thioether (sulfide) groups is 1. The van der Waals surface area contributed by atoms with Gasteiger partial charge in [0.1, 0.15) is 16.4 Å². The molecule has 1 N–H and O–H groups in total. The van der Waals surface area contributed by atoms with Gasteiger partial charge in [0.15, 0.2) is 4.34 Å². The summed E-state index contributed by atoms with van der Waals surface area (Å²) in [5.41, 5.74) is 2.32. The Hall–Kier alpha value is -2.31. The predicted octanol–water partition coefficient (Wildman–Crippen LogP) is 4.79. The van der Waals surface area contributed by atoms with Crippen molar-refractivity contribution in [3.63, 3.8) is 0 Å². The molecule has 0 aliphatic rings. The summed E-state index contributed by atoms with van der Waals surface area (Å²) in [4.78, 5) is 17.2. The third kappa shape index (κ3) is 3.60. The van der Waals surface area contributed by atoms with Crippen LogP contribution < -0.4 is 10.1 Å². The lowest BCUT2D eigenvalue weighted by Gasteiger charge is -2.06. The molecule has 0 spiro atoms. The zero-order valence-electron chi connectivity index (χ0n) is 13.3. The van der Waals surface area contributed by atoms with E-state index in [-0.39, 0.29) is 5.91 Å². The van der Waals surface area contributed by atoms with Gasteiger partial charge in [-0.25, -0.2) is 4.98 Å². The maximum atomic E-state index is 12.6. The molecule has 0 saturated carbocycles. The van der Waals surface area contributed by atoms with E-state index in [1.54, 1.807) is 37.1 Å². The van der Waals surface area contributed by atoms with Crippen molar-refractivity contribution in [1.82, 2.24) is 4.98 Å². The standard InChI is InChI=1S/C18H16N2O2S2/c1-22-14-10-6-9-13(11-14)16(21)20-17-15(19-18(23-2)24-17)12-7-4-3-5-8-12/h3-11H,1-2H3,(H,20,21). The summed E-state index contributed by atoms with van der Waals surface area (Å²) in [5, 5.41) is 3.73. The van der Waals surface area contributed by atoms with E-state index in [9.17, 15) is 4.79 Å². The quantitative estimate of drug-likeness (QED) is 0.668. The molecule has 6 heteroatoms. The zero-order valence-corrected chi connectivity index (χ0v) is 14.9. The maximum Gasteiger partial charge on any atom is 0.256 e. The summed E-state index contributed by atoms with van der Waals surface area (Å²) < 4.78 is 6.09. The molecular weight excluding hydrogens is 340 g/mol. The number of thiazole rings is 1. The average Bonchev–Trinajstić information content (AvgIpc) is 3.05. The molecule has 0 saturated heterocycles. The predicted molar refractivity (Wildman–Crippen MR) is 100 cm³/mol. The van der Waals surface area contributed by atoms with Crippen LogP contribution in [0.1, 0.15) is 10.4 Å². The Bertz CT molecular complexity index is 847. The molecule has 3 rings (SSSR count). The van der Waals surface area contributed by atoms with E-state index in [4.69, 9.17) is 4.74 Å². The van der Waals surface area contributed by atoms with E-state index >= 15 is 0 Å². The van der Waals surface area contributed by atoms with Crippen LogP contribution in [0.3, 0.4) is 0 Å². The Kier molecular flexibility index (Phi) is 5.17. The first-order chi connectivity index (χ1) is 11.7. The molecule has 2 aromatic carbocycles. The van der Waals surface area contributed by atoms with E-state index in [1.807, 2.05) is 42.7 Å². The van der Waals surface area contributed by atoms with Crippen LogP contribution in [0.4, 0.5) is 5.00 Å². The molecule has 0 radical (unpaired) electrons. The molecule has 3 aromatic rings. The highest BCUT2D eigenvalue weighted by Gasteiger charge is 2.16. The van der Waals surface area contributed by atoms with E-state index in [2.05, 4.69) is 10.3 Å². The number of carbonyl (C=O) groups is 1. The van der Waals surface area contributed by atoms with E-state index in [1.165, 1.54) is 11.3 Å². The Labute approximate surface area is 148 Å². The van der Waals surface area contributed by atoms with Crippen LogP contribution in [0.2, 0.25) is 0 Å². The molecule has 122 valence electrons. The molecule has 0 unspecified atom stereocenters. The lowest BCUT2D eigenvalue weighted by molar-refractivity contribution is 0.102. The molecule has 1 aromatic heterocycles. The van der Waals surface area contributed by atoms with Gasteiger partial charge in [-0.05, 0) is 24.5 Å². The fourth-order valence-corrected chi connectivity index (χ4v) is 3.69. The SMILES string of the molecule is COc1cccc(C(=O)Nc2sc(SC)nc2-c2ccccc2)c1. The van der Waals surface area contributed by atoms with Crippen molar-refractivity contribution in [2.75, 3.05) is 18.7 Å². The van der Waals surface area contributed by atoms with Crippen molar-refractivity contribution in [3.05, 3.63) is 60.2 Å². The van der Waals surface area contributed by atoms with Crippen LogP contribution in [0, 0.1) is 0 Å². The number of aromatic nitrogens is 1. The second kappa shape index (κ2) is 7.51. The summed E-state index contributed by atoms with van der Waals surface area (Å²) in [6, 6.07) is 16.9. The van der Waals surface area contributed by atoms with Gasteiger partial charge in [-0.3, -0.25) is 4.79 Å². The first kappa shape index (κ1) is 16.5. The van der Waals surface area contributed by atoms with Crippen molar-refractivity contribution in [2.45, 2.75) is 4.34 Å². The summed E-state index contributed by atoms with van der Waals surface area (Å²) in [6.07, 6.45) is 1.97. The molecule has 0 aliphatic carbocycles. The number of hydrogen-bond acceptors (Lipinski definition) is 5. The monoisotopic (exact) mass is 356 g/mol. The van der Waals surface area contributed by atoms with Gasteiger partial charge in [0.2, 0.25) is 0 Å². The first-order valence-electron chi connectivity index (χ1n) is 7.27. The van der Waals surface area contributed by atoms with Gasteiger partial charge in [-0.1, -0.05) is 59.5 Å². The molecule has 0 fully saturated rings. The molecule has 0 aliphatic heterocycles. The molecule has 24 heavy (non-hydrogen) atoms. The third-order valence-electron chi connectivity index (χ3n) is 3.39. The highest BCUT2D eigenvalue weighted by Crippen LogP contribution is 2.37. The van der Waals surface area contributed by atoms with Gasteiger partial charge in [0, 0.05) is 11.1 Å². The highest BCUT2D eigenvalue weighted by molar-refractivity contribution is 8.00. The summed E-state index contributed by atoms with van der Waals surface area (Å²) in [7, 11) is 1.58. The Morgan fingerprint density at radius 3 is 2.67 bits per heavy atom. The molecule has 0 bridgehead atoms. The van der Waals surface area contributed by atoms with Gasteiger partial charge >= 0.3 is 0 Å². The number of amides is 1. The second-order valence-corrected chi connectivity index (χ2v) is 6.97. The smallest absolute Gasteiger partial charge is 0.256 e. The minimum Gasteiger partial charge on any atom is -0.497 e. The zero-order chi connectivity index (χ0) is 16.9. The van der Waals surface area contributed by atoms with Crippen molar-refractivity contribution in [3.8, 4) is 17.0 Å². The molecule has 0 atom stereocenters. The maximum absolute atomic E-state index is 12.6. The number of carbonyl (C=O) groups excluding carboxylic acids is 1. The second-order valence-electron chi connectivity index (χ2n) is 4.91. The fourth-order valence-electron chi connectivity index (χ4n) is 2.20. The van der Waals surface area contributed by atoms with Crippen LogP contribution in [0.15, 0.2) is 58.9 Å². The van der Waals surface area contributed by atoms with Crippen molar-refractivity contribution >= 4 is 34.0 Å². The summed E-state index contributed by atoms with van der Waals surface area (Å²) in [5.74, 6) is 0.474. The van der Waals surface area contributed by atoms with Crippen LogP contribution in [0.25, 0.3) is 11.3 Å². The van der Waals surface area contributed by atoms with Gasteiger partial charge in [-0.2, -0.15) is 0 Å². The average molecular weight is 356 g/mol. The third-order valence-corrected chi connectivity index (χ3v) is 5.34. The van der Waals surface area contributed by atoms with Crippen LogP contribution in [-0.2, 0) is 0 Å². The van der Waals surface area contributed by atoms with Crippen molar-refractivity contribution in [1.29, 1.82) is 0 Å². The van der Waals surface area contributed by atoms with E-state index in [0.717, 1.165) is 20.6 Å². The van der Waals surface area contributed by atoms with E-state index < -0.39 is 0 Å². The Balaban J connectivity index is 1.92. The van der Waals surface area contributed by atoms with E-state index in [0.29, 0.717) is 11.3 Å². The van der Waals surface area contributed by atoms with Crippen molar-refractivity contribution < 1.29 is 9.53 Å². The first-order valence-corrected chi connectivity index (χ1v) is 9.31. The van der Waals surface area contributed by atoms with Crippen LogP contribution >= 0.6 is 23.1 Å².